The summed E-state index contributed by atoms with van der Waals surface area (Å²) in [5.74, 6) is 1.73. The molecule has 4 rings (SSSR count). The van der Waals surface area contributed by atoms with Crippen LogP contribution in [0.1, 0.15) is 23.0 Å². The summed E-state index contributed by atoms with van der Waals surface area (Å²) < 4.78 is 8.32. The summed E-state index contributed by atoms with van der Waals surface area (Å²) >= 11 is 0. The molecule has 0 amide bonds. The molecule has 0 bridgehead atoms. The van der Waals surface area contributed by atoms with Gasteiger partial charge in [0.1, 0.15) is 11.2 Å². The van der Waals surface area contributed by atoms with Crippen LogP contribution < -0.4 is 5.56 Å². The zero-order valence-corrected chi connectivity index (χ0v) is 15.0. The molecule has 0 N–H and O–H groups in total. The van der Waals surface area contributed by atoms with Crippen LogP contribution >= 0.6 is 0 Å². The van der Waals surface area contributed by atoms with Crippen LogP contribution in [0.5, 0.6) is 0 Å². The molecule has 0 aliphatic carbocycles. The topological polar surface area (TPSA) is 91.6 Å². The third-order valence-electron chi connectivity index (χ3n) is 4.39. The number of rotatable bonds is 3. The van der Waals surface area contributed by atoms with Gasteiger partial charge in [0.15, 0.2) is 5.65 Å². The Hall–Kier alpha value is -3.29. The lowest BCUT2D eigenvalue weighted by Gasteiger charge is -2.10. The summed E-state index contributed by atoms with van der Waals surface area (Å²) in [7, 11) is 1.80. The second kappa shape index (κ2) is 5.91. The van der Waals surface area contributed by atoms with Gasteiger partial charge in [-0.1, -0.05) is 29.4 Å². The molecule has 0 radical (unpaired) electrons. The van der Waals surface area contributed by atoms with Gasteiger partial charge in [-0.15, -0.1) is 0 Å². The highest BCUT2D eigenvalue weighted by atomic mass is 16.5. The molecular formula is C18H18N6O2. The standard InChI is InChI=1S/C18H18N6O2/c1-10-15-17(23(4)21-10)19-11(2)24(18(15)25)9-13-5-7-14(8-6-13)16-20-12(3)26-22-16/h5-8H,9H2,1-4H3. The van der Waals surface area contributed by atoms with Gasteiger partial charge in [-0.25, -0.2) is 9.67 Å². The molecule has 0 saturated carbocycles. The quantitative estimate of drug-likeness (QED) is 0.562. The van der Waals surface area contributed by atoms with E-state index < -0.39 is 0 Å². The number of nitrogens with zero attached hydrogens (tertiary/aromatic N) is 6. The molecule has 8 heteroatoms. The van der Waals surface area contributed by atoms with Crippen LogP contribution in [0.3, 0.4) is 0 Å². The van der Waals surface area contributed by atoms with Gasteiger partial charge >= 0.3 is 0 Å². The molecule has 0 saturated heterocycles. The first-order valence-corrected chi connectivity index (χ1v) is 8.24. The maximum Gasteiger partial charge on any atom is 0.265 e. The average Bonchev–Trinajstić information content (AvgIpc) is 3.15. The lowest BCUT2D eigenvalue weighted by atomic mass is 10.1. The third kappa shape index (κ3) is 2.59. The Kier molecular flexibility index (Phi) is 3.68. The molecule has 8 nitrogen and oxygen atoms in total. The van der Waals surface area contributed by atoms with Gasteiger partial charge in [0.25, 0.3) is 5.56 Å². The van der Waals surface area contributed by atoms with Gasteiger partial charge in [0.05, 0.1) is 12.2 Å². The number of aromatic nitrogens is 6. The number of fused-ring (bicyclic) bond motifs is 1. The van der Waals surface area contributed by atoms with E-state index in [0.717, 1.165) is 11.1 Å². The lowest BCUT2D eigenvalue weighted by molar-refractivity contribution is 0.394. The van der Waals surface area contributed by atoms with Crippen molar-refractivity contribution in [1.29, 1.82) is 0 Å². The van der Waals surface area contributed by atoms with Crippen LogP contribution in [0.2, 0.25) is 0 Å². The maximum absolute atomic E-state index is 12.9. The van der Waals surface area contributed by atoms with E-state index in [4.69, 9.17) is 4.52 Å². The molecule has 0 unspecified atom stereocenters. The normalized spacial score (nSPS) is 11.4. The second-order valence-corrected chi connectivity index (χ2v) is 6.29. The van der Waals surface area contributed by atoms with Crippen molar-refractivity contribution in [2.45, 2.75) is 27.3 Å². The number of hydrogen-bond acceptors (Lipinski definition) is 6. The zero-order valence-electron chi connectivity index (χ0n) is 15.0. The van der Waals surface area contributed by atoms with Crippen LogP contribution in [0.4, 0.5) is 0 Å². The minimum Gasteiger partial charge on any atom is -0.339 e. The molecule has 3 aromatic heterocycles. The van der Waals surface area contributed by atoms with Gasteiger partial charge in [-0.2, -0.15) is 10.1 Å². The number of aryl methyl sites for hydroxylation is 4. The van der Waals surface area contributed by atoms with Crippen molar-refractivity contribution in [1.82, 2.24) is 29.5 Å². The van der Waals surface area contributed by atoms with Crippen molar-refractivity contribution in [3.63, 3.8) is 0 Å². The molecule has 0 atom stereocenters. The van der Waals surface area contributed by atoms with Crippen LogP contribution in [0, 0.1) is 20.8 Å². The summed E-state index contributed by atoms with van der Waals surface area (Å²) in [5.41, 5.74) is 3.09. The Labute approximate surface area is 149 Å². The fraction of sp³-hybridized carbons (Fsp3) is 0.278. The van der Waals surface area contributed by atoms with Crippen molar-refractivity contribution >= 4 is 11.0 Å². The van der Waals surface area contributed by atoms with E-state index in [0.29, 0.717) is 40.8 Å². The van der Waals surface area contributed by atoms with E-state index >= 15 is 0 Å². The largest absolute Gasteiger partial charge is 0.339 e. The third-order valence-corrected chi connectivity index (χ3v) is 4.39. The zero-order chi connectivity index (χ0) is 18.4. The van der Waals surface area contributed by atoms with E-state index in [1.165, 1.54) is 0 Å². The Morgan fingerprint density at radius 1 is 1.08 bits per heavy atom. The van der Waals surface area contributed by atoms with Crippen LogP contribution in [-0.2, 0) is 13.6 Å². The molecule has 0 fully saturated rings. The molecule has 26 heavy (non-hydrogen) atoms. The highest BCUT2D eigenvalue weighted by Crippen LogP contribution is 2.17. The van der Waals surface area contributed by atoms with E-state index in [1.807, 2.05) is 38.1 Å². The molecule has 1 aromatic carbocycles. The van der Waals surface area contributed by atoms with Gasteiger partial charge < -0.3 is 4.52 Å². The molecule has 4 aromatic rings. The predicted octanol–water partition coefficient (Wildman–Crippen LogP) is 2.15. The number of hydrogen-bond donors (Lipinski definition) is 0. The van der Waals surface area contributed by atoms with Gasteiger partial charge in [-0.3, -0.25) is 9.36 Å². The van der Waals surface area contributed by atoms with Crippen LogP contribution in [0.15, 0.2) is 33.6 Å². The van der Waals surface area contributed by atoms with Crippen molar-refractivity contribution in [2.24, 2.45) is 7.05 Å². The Balaban J connectivity index is 1.71. The molecule has 0 aliphatic rings. The first-order chi connectivity index (χ1) is 12.4. The first-order valence-electron chi connectivity index (χ1n) is 8.24. The molecule has 0 spiro atoms. The van der Waals surface area contributed by atoms with Gasteiger partial charge in [0.2, 0.25) is 11.7 Å². The SMILES string of the molecule is Cc1nc(-c2ccc(Cn3c(C)nc4c(c(C)nn4C)c3=O)cc2)no1. The van der Waals surface area contributed by atoms with Gasteiger partial charge in [-0.05, 0) is 19.4 Å². The summed E-state index contributed by atoms with van der Waals surface area (Å²) in [5, 5.41) is 8.79. The minimum atomic E-state index is -0.0732. The van der Waals surface area contributed by atoms with Crippen molar-refractivity contribution in [3.05, 3.63) is 57.6 Å². The average molecular weight is 350 g/mol. The van der Waals surface area contributed by atoms with Gasteiger partial charge in [0, 0.05) is 19.5 Å². The van der Waals surface area contributed by atoms with E-state index in [9.17, 15) is 4.79 Å². The Morgan fingerprint density at radius 3 is 2.46 bits per heavy atom. The van der Waals surface area contributed by atoms with Crippen molar-refractivity contribution in [3.8, 4) is 11.4 Å². The Bertz CT molecular complexity index is 1170. The summed E-state index contributed by atoms with van der Waals surface area (Å²) in [6, 6.07) is 7.74. The fourth-order valence-corrected chi connectivity index (χ4v) is 3.06. The lowest BCUT2D eigenvalue weighted by Crippen LogP contribution is -2.24. The van der Waals surface area contributed by atoms with Crippen LogP contribution in [0.25, 0.3) is 22.4 Å². The first kappa shape index (κ1) is 16.2. The number of benzene rings is 1. The van der Waals surface area contributed by atoms with Crippen molar-refractivity contribution in [2.75, 3.05) is 0 Å². The van der Waals surface area contributed by atoms with E-state index in [-0.39, 0.29) is 5.56 Å². The fourth-order valence-electron chi connectivity index (χ4n) is 3.06. The van der Waals surface area contributed by atoms with Crippen molar-refractivity contribution < 1.29 is 4.52 Å². The molecule has 132 valence electrons. The highest BCUT2D eigenvalue weighted by Gasteiger charge is 2.15. The smallest absolute Gasteiger partial charge is 0.265 e. The van der Waals surface area contributed by atoms with Crippen LogP contribution in [-0.4, -0.2) is 29.5 Å². The monoisotopic (exact) mass is 350 g/mol. The summed E-state index contributed by atoms with van der Waals surface area (Å²) in [6.07, 6.45) is 0. The summed E-state index contributed by atoms with van der Waals surface area (Å²) in [6.45, 7) is 5.85. The highest BCUT2D eigenvalue weighted by molar-refractivity contribution is 5.77. The predicted molar refractivity (Wildman–Crippen MR) is 95.8 cm³/mol. The van der Waals surface area contributed by atoms with E-state index in [1.54, 1.807) is 23.2 Å². The second-order valence-electron chi connectivity index (χ2n) is 6.29. The maximum atomic E-state index is 12.9. The van der Waals surface area contributed by atoms with E-state index in [2.05, 4.69) is 20.2 Å². The summed E-state index contributed by atoms with van der Waals surface area (Å²) in [4.78, 5) is 21.7. The molecule has 3 heterocycles. The minimum absolute atomic E-state index is 0.0732. The molecule has 0 aliphatic heterocycles. The molecular weight excluding hydrogens is 332 g/mol. The Morgan fingerprint density at radius 2 is 1.81 bits per heavy atom.